The Hall–Kier alpha value is -2.83. The summed E-state index contributed by atoms with van der Waals surface area (Å²) in [5, 5.41) is 3.34. The summed E-state index contributed by atoms with van der Waals surface area (Å²) in [4.78, 5) is 27.9. The van der Waals surface area contributed by atoms with E-state index in [4.69, 9.17) is 16.3 Å². The normalized spacial score (nSPS) is 11.5. The first kappa shape index (κ1) is 24.8. The number of carbonyl (C=O) groups is 2. The SMILES string of the molecule is CNC(=O)C(Cc1ccccc1)N(Cc1ccc(Br)cc1)C(=O)COc1ccc(Cl)c(C)c1. The van der Waals surface area contributed by atoms with Crippen LogP contribution in [0.5, 0.6) is 5.75 Å². The van der Waals surface area contributed by atoms with Gasteiger partial charge in [0, 0.05) is 29.5 Å². The number of ether oxygens (including phenoxy) is 1. The summed E-state index contributed by atoms with van der Waals surface area (Å²) in [5.41, 5.74) is 2.74. The Bertz CT molecular complexity index is 1090. The largest absolute Gasteiger partial charge is 0.484 e. The van der Waals surface area contributed by atoms with E-state index in [-0.39, 0.29) is 25.0 Å². The number of nitrogens with one attached hydrogen (secondary N) is 1. The van der Waals surface area contributed by atoms with E-state index in [1.807, 2.05) is 61.5 Å². The Balaban J connectivity index is 1.86. The highest BCUT2D eigenvalue weighted by Gasteiger charge is 2.30. The molecule has 0 bridgehead atoms. The number of halogens is 2. The zero-order valence-electron chi connectivity index (χ0n) is 18.6. The van der Waals surface area contributed by atoms with Crippen molar-refractivity contribution < 1.29 is 14.3 Å². The third kappa shape index (κ3) is 7.07. The molecule has 0 aliphatic carbocycles. The smallest absolute Gasteiger partial charge is 0.261 e. The van der Waals surface area contributed by atoms with Crippen LogP contribution in [0.25, 0.3) is 0 Å². The van der Waals surface area contributed by atoms with Gasteiger partial charge in [-0.3, -0.25) is 9.59 Å². The van der Waals surface area contributed by atoms with Crippen LogP contribution in [-0.4, -0.2) is 36.4 Å². The van der Waals surface area contributed by atoms with E-state index in [0.717, 1.165) is 21.2 Å². The molecule has 0 aromatic heterocycles. The van der Waals surface area contributed by atoms with Crippen LogP contribution >= 0.6 is 27.5 Å². The van der Waals surface area contributed by atoms with Crippen molar-refractivity contribution in [3.05, 3.63) is 99.0 Å². The number of hydrogen-bond donors (Lipinski definition) is 1. The van der Waals surface area contributed by atoms with Crippen molar-refractivity contribution in [1.29, 1.82) is 0 Å². The molecule has 1 atom stereocenters. The summed E-state index contributed by atoms with van der Waals surface area (Å²) in [6, 6.07) is 21.9. The van der Waals surface area contributed by atoms with Crippen molar-refractivity contribution in [3.8, 4) is 5.75 Å². The van der Waals surface area contributed by atoms with Gasteiger partial charge in [-0.15, -0.1) is 0 Å². The van der Waals surface area contributed by atoms with Crippen molar-refractivity contribution >= 4 is 39.3 Å². The molecule has 2 amide bonds. The fourth-order valence-electron chi connectivity index (χ4n) is 3.44. The lowest BCUT2D eigenvalue weighted by Crippen LogP contribution is -2.51. The van der Waals surface area contributed by atoms with Gasteiger partial charge in [0.05, 0.1) is 0 Å². The van der Waals surface area contributed by atoms with Gasteiger partial charge >= 0.3 is 0 Å². The average Bonchev–Trinajstić information content (AvgIpc) is 2.83. The van der Waals surface area contributed by atoms with Crippen LogP contribution in [0.3, 0.4) is 0 Å². The quantitative estimate of drug-likeness (QED) is 0.416. The lowest BCUT2D eigenvalue weighted by atomic mass is 10.0. The molecule has 0 radical (unpaired) electrons. The molecule has 3 rings (SSSR count). The number of benzene rings is 3. The fourth-order valence-corrected chi connectivity index (χ4v) is 3.82. The molecule has 33 heavy (non-hydrogen) atoms. The molecule has 0 fully saturated rings. The lowest BCUT2D eigenvalue weighted by Gasteiger charge is -2.31. The summed E-state index contributed by atoms with van der Waals surface area (Å²) in [7, 11) is 1.58. The predicted octanol–water partition coefficient (Wildman–Crippen LogP) is 5.18. The van der Waals surface area contributed by atoms with E-state index in [2.05, 4.69) is 21.2 Å². The lowest BCUT2D eigenvalue weighted by molar-refractivity contribution is -0.142. The molecule has 1 unspecified atom stereocenters. The highest BCUT2D eigenvalue weighted by atomic mass is 79.9. The van der Waals surface area contributed by atoms with Gasteiger partial charge < -0.3 is 15.0 Å². The third-order valence-electron chi connectivity index (χ3n) is 5.28. The molecule has 0 saturated heterocycles. The molecular weight excluding hydrogens is 504 g/mol. The Kier molecular flexibility index (Phi) is 8.92. The van der Waals surface area contributed by atoms with Gasteiger partial charge in [0.2, 0.25) is 5.91 Å². The standard InChI is InChI=1S/C26H26BrClN2O3/c1-18-14-22(12-13-23(18)28)33-17-25(31)30(16-20-8-10-21(27)11-9-20)24(26(32)29-2)15-19-6-4-3-5-7-19/h3-14,24H,15-17H2,1-2H3,(H,29,32). The summed E-state index contributed by atoms with van der Waals surface area (Å²) in [6.45, 7) is 1.96. The molecule has 1 N–H and O–H groups in total. The highest BCUT2D eigenvalue weighted by molar-refractivity contribution is 9.10. The maximum atomic E-state index is 13.4. The number of likely N-dealkylation sites (N-methyl/N-ethyl adjacent to an activating group) is 1. The van der Waals surface area contributed by atoms with Gasteiger partial charge in [-0.05, 0) is 53.9 Å². The maximum absolute atomic E-state index is 13.4. The topological polar surface area (TPSA) is 58.6 Å². The van der Waals surface area contributed by atoms with Crippen LogP contribution in [0.1, 0.15) is 16.7 Å². The second-order valence-electron chi connectivity index (χ2n) is 7.67. The molecular formula is C26H26BrClN2O3. The summed E-state index contributed by atoms with van der Waals surface area (Å²) >= 11 is 9.52. The van der Waals surface area contributed by atoms with Crippen LogP contribution in [0.4, 0.5) is 0 Å². The van der Waals surface area contributed by atoms with E-state index < -0.39 is 6.04 Å². The molecule has 5 nitrogen and oxygen atoms in total. The van der Waals surface area contributed by atoms with Crippen LogP contribution < -0.4 is 10.1 Å². The van der Waals surface area contributed by atoms with E-state index in [1.54, 1.807) is 30.1 Å². The molecule has 0 aliphatic rings. The Morgan fingerprint density at radius 3 is 2.36 bits per heavy atom. The minimum Gasteiger partial charge on any atom is -0.484 e. The summed E-state index contributed by atoms with van der Waals surface area (Å²) in [5.74, 6) is 0.0371. The van der Waals surface area contributed by atoms with E-state index in [1.165, 1.54) is 0 Å². The van der Waals surface area contributed by atoms with Crippen LogP contribution in [0.2, 0.25) is 5.02 Å². The average molecular weight is 530 g/mol. The second-order valence-corrected chi connectivity index (χ2v) is 8.99. The van der Waals surface area contributed by atoms with E-state index in [0.29, 0.717) is 17.2 Å². The maximum Gasteiger partial charge on any atom is 0.261 e. The van der Waals surface area contributed by atoms with Crippen LogP contribution in [-0.2, 0) is 22.6 Å². The van der Waals surface area contributed by atoms with Crippen LogP contribution in [0.15, 0.2) is 77.3 Å². The molecule has 3 aromatic rings. The van der Waals surface area contributed by atoms with Gasteiger partial charge in [-0.1, -0.05) is 70.0 Å². The number of hydrogen-bond acceptors (Lipinski definition) is 3. The minimum absolute atomic E-state index is 0.195. The molecule has 0 aliphatic heterocycles. The van der Waals surface area contributed by atoms with Crippen molar-refractivity contribution in [2.75, 3.05) is 13.7 Å². The molecule has 3 aromatic carbocycles. The van der Waals surface area contributed by atoms with Crippen LogP contribution in [0, 0.1) is 6.92 Å². The number of carbonyl (C=O) groups excluding carboxylic acids is 2. The zero-order valence-corrected chi connectivity index (χ0v) is 20.9. The first-order chi connectivity index (χ1) is 15.9. The number of aryl methyl sites for hydroxylation is 1. The Morgan fingerprint density at radius 1 is 1.03 bits per heavy atom. The minimum atomic E-state index is -0.691. The van der Waals surface area contributed by atoms with Gasteiger partial charge in [-0.25, -0.2) is 0 Å². The van der Waals surface area contributed by atoms with Crippen molar-refractivity contribution in [2.24, 2.45) is 0 Å². The number of nitrogens with zero attached hydrogens (tertiary/aromatic N) is 1. The molecule has 7 heteroatoms. The van der Waals surface area contributed by atoms with Gasteiger partial charge in [0.15, 0.2) is 6.61 Å². The first-order valence-corrected chi connectivity index (χ1v) is 11.7. The molecule has 172 valence electrons. The zero-order chi connectivity index (χ0) is 23.8. The first-order valence-electron chi connectivity index (χ1n) is 10.6. The van der Waals surface area contributed by atoms with Crippen molar-refractivity contribution in [1.82, 2.24) is 10.2 Å². The number of rotatable bonds is 9. The van der Waals surface area contributed by atoms with Crippen molar-refractivity contribution in [2.45, 2.75) is 25.9 Å². The monoisotopic (exact) mass is 528 g/mol. The summed E-state index contributed by atoms with van der Waals surface area (Å²) in [6.07, 6.45) is 0.392. The van der Waals surface area contributed by atoms with E-state index in [9.17, 15) is 9.59 Å². The molecule has 0 saturated carbocycles. The molecule has 0 spiro atoms. The highest BCUT2D eigenvalue weighted by Crippen LogP contribution is 2.22. The molecule has 0 heterocycles. The second kappa shape index (κ2) is 11.9. The third-order valence-corrected chi connectivity index (χ3v) is 6.23. The van der Waals surface area contributed by atoms with E-state index >= 15 is 0 Å². The van der Waals surface area contributed by atoms with Gasteiger partial charge in [-0.2, -0.15) is 0 Å². The fraction of sp³-hybridized carbons (Fsp3) is 0.231. The summed E-state index contributed by atoms with van der Waals surface area (Å²) < 4.78 is 6.71. The van der Waals surface area contributed by atoms with Gasteiger partial charge in [0.1, 0.15) is 11.8 Å². The van der Waals surface area contributed by atoms with Gasteiger partial charge in [0.25, 0.3) is 5.91 Å². The Morgan fingerprint density at radius 2 is 1.73 bits per heavy atom. The predicted molar refractivity (Wildman–Crippen MR) is 134 cm³/mol. The number of amides is 2. The Labute approximate surface area is 207 Å². The van der Waals surface area contributed by atoms with Crippen molar-refractivity contribution in [3.63, 3.8) is 0 Å².